The first-order chi connectivity index (χ1) is 14.4. The van der Waals surface area contributed by atoms with E-state index in [-0.39, 0.29) is 22.9 Å². The lowest BCUT2D eigenvalue weighted by atomic mass is 10.1. The number of rotatable bonds is 6. The molecule has 2 aliphatic heterocycles. The van der Waals surface area contributed by atoms with Crippen molar-refractivity contribution in [3.05, 3.63) is 65.7 Å². The van der Waals surface area contributed by atoms with Crippen molar-refractivity contribution in [3.63, 3.8) is 0 Å². The quantitative estimate of drug-likeness (QED) is 0.668. The molecule has 1 fully saturated rings. The highest BCUT2D eigenvalue weighted by molar-refractivity contribution is 8.26. The fourth-order valence-electron chi connectivity index (χ4n) is 3.58. The number of fused-ring (bicyclic) bond motifs is 1. The molecule has 0 N–H and O–H groups in total. The summed E-state index contributed by atoms with van der Waals surface area (Å²) in [6, 6.07) is 17.0. The van der Waals surface area contributed by atoms with Crippen LogP contribution in [0.25, 0.3) is 0 Å². The van der Waals surface area contributed by atoms with Gasteiger partial charge in [0.25, 0.3) is 11.1 Å². The number of hydrogen-bond donors (Lipinski definition) is 0. The molecule has 2 aliphatic rings. The van der Waals surface area contributed by atoms with Crippen LogP contribution in [-0.4, -0.2) is 50.3 Å². The van der Waals surface area contributed by atoms with Crippen LogP contribution in [0.1, 0.15) is 29.8 Å². The Morgan fingerprint density at radius 3 is 2.47 bits per heavy atom. The van der Waals surface area contributed by atoms with Crippen LogP contribution in [0.3, 0.4) is 0 Å². The van der Waals surface area contributed by atoms with Crippen LogP contribution >= 0.6 is 23.5 Å². The highest BCUT2D eigenvalue weighted by atomic mass is 32.2. The summed E-state index contributed by atoms with van der Waals surface area (Å²) >= 11 is 2.30. The molecule has 0 bridgehead atoms. The number of carbonyl (C=O) groups is 3. The number of carbonyl (C=O) groups excluding carboxylic acids is 3. The van der Waals surface area contributed by atoms with E-state index in [2.05, 4.69) is 0 Å². The maximum atomic E-state index is 13.0. The van der Waals surface area contributed by atoms with E-state index in [0.717, 1.165) is 10.5 Å². The largest absolute Gasteiger partial charge is 0.348 e. The smallest absolute Gasteiger partial charge is 0.292 e. The van der Waals surface area contributed by atoms with E-state index in [4.69, 9.17) is 4.74 Å². The van der Waals surface area contributed by atoms with Gasteiger partial charge in [0.05, 0.1) is 17.0 Å². The lowest BCUT2D eigenvalue weighted by Gasteiger charge is -2.42. The predicted octanol–water partition coefficient (Wildman–Crippen LogP) is 4.21. The Morgan fingerprint density at radius 2 is 1.70 bits per heavy atom. The van der Waals surface area contributed by atoms with Gasteiger partial charge < -0.3 is 9.64 Å². The molecule has 2 heterocycles. The van der Waals surface area contributed by atoms with E-state index in [0.29, 0.717) is 30.4 Å². The van der Waals surface area contributed by atoms with E-state index in [1.165, 1.54) is 4.90 Å². The Kier molecular flexibility index (Phi) is 5.90. The number of thioether (sulfide) groups is 2. The average molecular weight is 443 g/mol. The van der Waals surface area contributed by atoms with Gasteiger partial charge in [-0.2, -0.15) is 0 Å². The maximum absolute atomic E-state index is 13.0. The molecule has 1 unspecified atom stereocenters. The molecule has 8 heteroatoms. The molecule has 0 spiro atoms. The lowest BCUT2D eigenvalue weighted by Crippen LogP contribution is -2.50. The van der Waals surface area contributed by atoms with Crippen molar-refractivity contribution in [3.8, 4) is 0 Å². The summed E-state index contributed by atoms with van der Waals surface area (Å²) < 4.78 is 5.83. The van der Waals surface area contributed by atoms with Gasteiger partial charge in [-0.15, -0.1) is 0 Å². The molecule has 30 heavy (non-hydrogen) atoms. The van der Waals surface area contributed by atoms with Gasteiger partial charge in [0.15, 0.2) is 0 Å². The number of hydrogen-bond acceptors (Lipinski definition) is 6. The van der Waals surface area contributed by atoms with Gasteiger partial charge >= 0.3 is 0 Å². The predicted molar refractivity (Wildman–Crippen MR) is 117 cm³/mol. The molecule has 2 aromatic rings. The summed E-state index contributed by atoms with van der Waals surface area (Å²) in [7, 11) is 0. The van der Waals surface area contributed by atoms with E-state index in [1.54, 1.807) is 16.7 Å². The zero-order chi connectivity index (χ0) is 21.3. The minimum atomic E-state index is -0.939. The number of amides is 2. The van der Waals surface area contributed by atoms with Crippen LogP contribution in [0.4, 0.5) is 4.79 Å². The molecule has 1 saturated heterocycles. The van der Waals surface area contributed by atoms with E-state index in [9.17, 15) is 14.4 Å². The molecular formula is C22H22N2O4S2. The van der Waals surface area contributed by atoms with E-state index < -0.39 is 11.1 Å². The normalized spacial score (nSPS) is 20.6. The van der Waals surface area contributed by atoms with Crippen molar-refractivity contribution in [1.82, 2.24) is 9.80 Å². The standard InChI is InChI=1S/C22H22N2O4S2/c1-22(2)24(18(25)16-10-6-7-11-17(16)30-22)12-13-28-19-20(26)29-21(27)23(19)14-15-8-4-3-5-9-15/h3-11,19H,12-14H2,1-2H3. The van der Waals surface area contributed by atoms with Crippen LogP contribution in [0.15, 0.2) is 59.5 Å². The minimum absolute atomic E-state index is 0.0534. The van der Waals surface area contributed by atoms with Gasteiger partial charge in [-0.05, 0) is 31.5 Å². The van der Waals surface area contributed by atoms with E-state index >= 15 is 0 Å². The monoisotopic (exact) mass is 442 g/mol. The van der Waals surface area contributed by atoms with Crippen LogP contribution in [0, 0.1) is 0 Å². The third kappa shape index (κ3) is 4.12. The Bertz CT molecular complexity index is 980. The van der Waals surface area contributed by atoms with Crippen molar-refractivity contribution in [2.24, 2.45) is 0 Å². The van der Waals surface area contributed by atoms with Crippen molar-refractivity contribution in [2.45, 2.75) is 36.4 Å². The van der Waals surface area contributed by atoms with E-state index in [1.807, 2.05) is 68.4 Å². The molecule has 156 valence electrons. The molecule has 0 aromatic heterocycles. The van der Waals surface area contributed by atoms with Crippen LogP contribution in [0.2, 0.25) is 0 Å². The third-order valence-electron chi connectivity index (χ3n) is 5.07. The molecule has 2 amide bonds. The average Bonchev–Trinajstić information content (AvgIpc) is 2.97. The molecule has 2 aromatic carbocycles. The Labute approximate surface area is 183 Å². The first kappa shape index (κ1) is 21.0. The second-order valence-corrected chi connectivity index (χ2v) is 10.1. The highest BCUT2D eigenvalue weighted by Gasteiger charge is 2.42. The van der Waals surface area contributed by atoms with Crippen LogP contribution < -0.4 is 0 Å². The third-order valence-corrected chi connectivity index (χ3v) is 7.17. The topological polar surface area (TPSA) is 66.9 Å². The summed E-state index contributed by atoms with van der Waals surface area (Å²) in [4.78, 5) is 41.3. The van der Waals surface area contributed by atoms with Crippen molar-refractivity contribution >= 4 is 39.8 Å². The first-order valence-electron chi connectivity index (χ1n) is 9.64. The minimum Gasteiger partial charge on any atom is -0.348 e. The van der Waals surface area contributed by atoms with Gasteiger partial charge in [-0.3, -0.25) is 19.3 Å². The maximum Gasteiger partial charge on any atom is 0.292 e. The summed E-state index contributed by atoms with van der Waals surface area (Å²) in [6.07, 6.45) is -0.939. The number of ether oxygens (including phenoxy) is 1. The molecule has 1 atom stereocenters. The van der Waals surface area contributed by atoms with Gasteiger partial charge in [0.1, 0.15) is 0 Å². The second-order valence-electron chi connectivity index (χ2n) is 7.53. The first-order valence-corrected chi connectivity index (χ1v) is 11.3. The molecule has 6 nitrogen and oxygen atoms in total. The van der Waals surface area contributed by atoms with Gasteiger partial charge in [0.2, 0.25) is 11.3 Å². The van der Waals surface area contributed by atoms with Crippen molar-refractivity contribution in [1.29, 1.82) is 0 Å². The molecule has 0 radical (unpaired) electrons. The lowest BCUT2D eigenvalue weighted by molar-refractivity contribution is -0.130. The van der Waals surface area contributed by atoms with Crippen molar-refractivity contribution < 1.29 is 19.1 Å². The molecule has 0 saturated carbocycles. The van der Waals surface area contributed by atoms with Gasteiger partial charge in [-0.1, -0.05) is 54.2 Å². The summed E-state index contributed by atoms with van der Waals surface area (Å²) in [5.41, 5.74) is 1.60. The van der Waals surface area contributed by atoms with Gasteiger partial charge in [0, 0.05) is 29.7 Å². The molecule has 0 aliphatic carbocycles. The zero-order valence-corrected chi connectivity index (χ0v) is 18.4. The van der Waals surface area contributed by atoms with Crippen molar-refractivity contribution in [2.75, 3.05) is 13.2 Å². The zero-order valence-electron chi connectivity index (χ0n) is 16.7. The molecule has 4 rings (SSSR count). The Hall–Kier alpha value is -2.29. The summed E-state index contributed by atoms with van der Waals surface area (Å²) in [5, 5.41) is -0.632. The highest BCUT2D eigenvalue weighted by Crippen LogP contribution is 2.42. The number of benzene rings is 2. The van der Waals surface area contributed by atoms with Crippen LogP contribution in [-0.2, 0) is 16.1 Å². The summed E-state index contributed by atoms with van der Waals surface area (Å²) in [6.45, 7) is 4.78. The number of nitrogens with zero attached hydrogens (tertiary/aromatic N) is 2. The Morgan fingerprint density at radius 1 is 1.00 bits per heavy atom. The summed E-state index contributed by atoms with van der Waals surface area (Å²) in [5.74, 6) is -0.0534. The SMILES string of the molecule is CC1(C)Sc2ccccc2C(=O)N1CCOC1C(=O)SC(=O)N1Cc1ccccc1. The van der Waals surface area contributed by atoms with Gasteiger partial charge in [-0.25, -0.2) is 0 Å². The molecular weight excluding hydrogens is 420 g/mol. The second kappa shape index (κ2) is 8.45. The fraction of sp³-hybridized carbons (Fsp3) is 0.318. The van der Waals surface area contributed by atoms with Crippen LogP contribution in [0.5, 0.6) is 0 Å². The Balaban J connectivity index is 1.43. The fourth-order valence-corrected chi connectivity index (χ4v) is 5.56.